The summed E-state index contributed by atoms with van der Waals surface area (Å²) in [5.41, 5.74) is 1.31. The predicted molar refractivity (Wildman–Crippen MR) is 99.5 cm³/mol. The molecule has 3 aromatic rings. The van der Waals surface area contributed by atoms with Crippen LogP contribution in [0.3, 0.4) is 0 Å². The van der Waals surface area contributed by atoms with Gasteiger partial charge >= 0.3 is 0 Å². The van der Waals surface area contributed by atoms with Crippen molar-refractivity contribution in [2.24, 2.45) is 0 Å². The summed E-state index contributed by atoms with van der Waals surface area (Å²) >= 11 is 1.52. The number of benzene rings is 2. The van der Waals surface area contributed by atoms with Crippen molar-refractivity contribution >= 4 is 28.8 Å². The van der Waals surface area contributed by atoms with Crippen LogP contribution in [0, 0.1) is 11.6 Å². The average Bonchev–Trinajstić information content (AvgIpc) is 3.17. The van der Waals surface area contributed by atoms with E-state index in [1.165, 1.54) is 11.3 Å². The van der Waals surface area contributed by atoms with Crippen LogP contribution in [0.25, 0.3) is 10.6 Å². The molecule has 0 aliphatic carbocycles. The Morgan fingerprint density at radius 2 is 1.85 bits per heavy atom. The molecule has 0 bridgehead atoms. The molecule has 0 unspecified atom stereocenters. The fraction of sp³-hybridized carbons (Fsp3) is 0.105. The number of carbonyl (C=O) groups excluding carboxylic acids is 2. The number of anilines is 1. The van der Waals surface area contributed by atoms with Crippen molar-refractivity contribution in [1.29, 1.82) is 0 Å². The normalized spacial score (nSPS) is 10.4. The number of nitrogens with zero attached hydrogens (tertiary/aromatic N) is 1. The van der Waals surface area contributed by atoms with Crippen LogP contribution < -0.4 is 10.6 Å². The van der Waals surface area contributed by atoms with E-state index in [-0.39, 0.29) is 24.4 Å². The molecule has 0 spiro atoms. The predicted octanol–water partition coefficient (Wildman–Crippen LogP) is 3.85. The fourth-order valence-electron chi connectivity index (χ4n) is 2.34. The van der Waals surface area contributed by atoms with Gasteiger partial charge in [-0.15, -0.1) is 11.3 Å². The second kappa shape index (κ2) is 8.50. The number of hydrogen-bond donors (Lipinski definition) is 2. The molecule has 138 valence electrons. The highest BCUT2D eigenvalue weighted by Gasteiger charge is 2.12. The average molecular weight is 387 g/mol. The number of aromatic nitrogens is 1. The van der Waals surface area contributed by atoms with Gasteiger partial charge < -0.3 is 10.6 Å². The minimum atomic E-state index is -0.947. The molecule has 1 aromatic heterocycles. The second-order valence-corrected chi connectivity index (χ2v) is 6.49. The topological polar surface area (TPSA) is 71.1 Å². The quantitative estimate of drug-likeness (QED) is 0.675. The van der Waals surface area contributed by atoms with Gasteiger partial charge in [0.1, 0.15) is 16.6 Å². The van der Waals surface area contributed by atoms with E-state index in [0.29, 0.717) is 11.8 Å². The van der Waals surface area contributed by atoms with Crippen molar-refractivity contribution in [3.8, 4) is 10.6 Å². The fourth-order valence-corrected chi connectivity index (χ4v) is 2.99. The summed E-state index contributed by atoms with van der Waals surface area (Å²) in [5, 5.41) is 7.93. The van der Waals surface area contributed by atoms with Crippen molar-refractivity contribution in [3.63, 3.8) is 0 Å². The van der Waals surface area contributed by atoms with Crippen LogP contribution in [0.2, 0.25) is 0 Å². The first-order valence-corrected chi connectivity index (χ1v) is 8.94. The molecule has 0 saturated carbocycles. The molecular weight excluding hydrogens is 372 g/mol. The van der Waals surface area contributed by atoms with Crippen molar-refractivity contribution in [2.75, 3.05) is 11.9 Å². The zero-order valence-electron chi connectivity index (χ0n) is 14.0. The molecule has 2 aromatic carbocycles. The lowest BCUT2D eigenvalue weighted by Crippen LogP contribution is -2.28. The summed E-state index contributed by atoms with van der Waals surface area (Å²) in [6.45, 7) is 0.0265. The van der Waals surface area contributed by atoms with Crippen LogP contribution >= 0.6 is 11.3 Å². The van der Waals surface area contributed by atoms with Gasteiger partial charge in [-0.25, -0.2) is 13.8 Å². The van der Waals surface area contributed by atoms with Crippen molar-refractivity contribution in [1.82, 2.24) is 10.3 Å². The Labute approximate surface area is 158 Å². The zero-order valence-corrected chi connectivity index (χ0v) is 14.9. The first-order chi connectivity index (χ1) is 13.0. The molecule has 0 saturated heterocycles. The molecule has 0 radical (unpaired) electrons. The molecule has 0 aliphatic rings. The van der Waals surface area contributed by atoms with E-state index in [0.717, 1.165) is 22.7 Å². The third-order valence-electron chi connectivity index (χ3n) is 3.66. The Hall–Kier alpha value is -3.13. The first-order valence-electron chi connectivity index (χ1n) is 8.06. The molecule has 27 heavy (non-hydrogen) atoms. The maximum atomic E-state index is 13.5. The lowest BCUT2D eigenvalue weighted by atomic mass is 10.2. The summed E-state index contributed by atoms with van der Waals surface area (Å²) < 4.78 is 26.4. The van der Waals surface area contributed by atoms with Gasteiger partial charge in [-0.1, -0.05) is 0 Å². The van der Waals surface area contributed by atoms with Gasteiger partial charge in [0, 0.05) is 41.9 Å². The maximum absolute atomic E-state index is 13.5. The van der Waals surface area contributed by atoms with Gasteiger partial charge in [-0.05, 0) is 36.4 Å². The molecule has 8 heteroatoms. The minimum absolute atomic E-state index is 0.0167. The lowest BCUT2D eigenvalue weighted by molar-refractivity contribution is -0.116. The third kappa shape index (κ3) is 4.95. The van der Waals surface area contributed by atoms with Crippen LogP contribution in [0.15, 0.2) is 54.0 Å². The van der Waals surface area contributed by atoms with E-state index < -0.39 is 17.5 Å². The van der Waals surface area contributed by atoms with Gasteiger partial charge in [-0.2, -0.15) is 0 Å². The van der Waals surface area contributed by atoms with E-state index in [1.54, 1.807) is 18.3 Å². The standard InChI is InChI=1S/C19H15F2N3O2S/c20-13-3-6-15(16(21)11-13)18(26)22-8-7-17(25)24-14-4-1-12(2-5-14)19-23-9-10-27-19/h1-6,9-11H,7-8H2,(H,22,26)(H,24,25). The Morgan fingerprint density at radius 3 is 2.52 bits per heavy atom. The molecule has 2 N–H and O–H groups in total. The highest BCUT2D eigenvalue weighted by molar-refractivity contribution is 7.13. The number of thiazole rings is 1. The SMILES string of the molecule is O=C(CCNC(=O)c1ccc(F)cc1F)Nc1ccc(-c2nccs2)cc1. The van der Waals surface area contributed by atoms with Crippen molar-refractivity contribution < 1.29 is 18.4 Å². The highest BCUT2D eigenvalue weighted by atomic mass is 32.1. The van der Waals surface area contributed by atoms with E-state index in [9.17, 15) is 18.4 Å². The van der Waals surface area contributed by atoms with Crippen LogP contribution in [-0.2, 0) is 4.79 Å². The van der Waals surface area contributed by atoms with Gasteiger partial charge in [-0.3, -0.25) is 9.59 Å². The number of rotatable bonds is 6. The molecular formula is C19H15F2N3O2S. The molecule has 0 atom stereocenters. The van der Waals surface area contributed by atoms with Gasteiger partial charge in [0.25, 0.3) is 5.91 Å². The van der Waals surface area contributed by atoms with Crippen LogP contribution in [0.4, 0.5) is 14.5 Å². The van der Waals surface area contributed by atoms with Gasteiger partial charge in [0.15, 0.2) is 0 Å². The van der Waals surface area contributed by atoms with Gasteiger partial charge in [0.05, 0.1) is 5.56 Å². The van der Waals surface area contributed by atoms with Crippen molar-refractivity contribution in [3.05, 3.63) is 71.2 Å². The number of nitrogens with one attached hydrogen (secondary N) is 2. The molecule has 5 nitrogen and oxygen atoms in total. The van der Waals surface area contributed by atoms with Crippen LogP contribution in [-0.4, -0.2) is 23.3 Å². The number of halogens is 2. The van der Waals surface area contributed by atoms with E-state index in [1.807, 2.05) is 17.5 Å². The second-order valence-electron chi connectivity index (χ2n) is 5.59. The minimum Gasteiger partial charge on any atom is -0.351 e. The van der Waals surface area contributed by atoms with E-state index in [2.05, 4.69) is 15.6 Å². The summed E-state index contributed by atoms with van der Waals surface area (Å²) in [6.07, 6.45) is 1.74. The number of carbonyl (C=O) groups is 2. The zero-order chi connectivity index (χ0) is 19.2. The molecule has 0 fully saturated rings. The third-order valence-corrected chi connectivity index (χ3v) is 4.48. The Morgan fingerprint density at radius 1 is 1.07 bits per heavy atom. The monoisotopic (exact) mass is 387 g/mol. The largest absolute Gasteiger partial charge is 0.351 e. The van der Waals surface area contributed by atoms with E-state index in [4.69, 9.17) is 0 Å². The molecule has 2 amide bonds. The Bertz CT molecular complexity index is 944. The van der Waals surface area contributed by atoms with Crippen LogP contribution in [0.1, 0.15) is 16.8 Å². The Balaban J connectivity index is 1.47. The maximum Gasteiger partial charge on any atom is 0.254 e. The van der Waals surface area contributed by atoms with Gasteiger partial charge in [0.2, 0.25) is 5.91 Å². The summed E-state index contributed by atoms with van der Waals surface area (Å²) in [7, 11) is 0. The summed E-state index contributed by atoms with van der Waals surface area (Å²) in [4.78, 5) is 28.0. The smallest absolute Gasteiger partial charge is 0.254 e. The number of amides is 2. The summed E-state index contributed by atoms with van der Waals surface area (Å²) in [6, 6.07) is 9.93. The highest BCUT2D eigenvalue weighted by Crippen LogP contribution is 2.23. The lowest BCUT2D eigenvalue weighted by Gasteiger charge is -2.08. The van der Waals surface area contributed by atoms with Crippen LogP contribution in [0.5, 0.6) is 0 Å². The Kier molecular flexibility index (Phi) is 5.87. The number of hydrogen-bond acceptors (Lipinski definition) is 4. The molecule has 3 rings (SSSR count). The van der Waals surface area contributed by atoms with E-state index >= 15 is 0 Å². The van der Waals surface area contributed by atoms with Crippen molar-refractivity contribution in [2.45, 2.75) is 6.42 Å². The first kappa shape index (κ1) is 18.7. The summed E-state index contributed by atoms with van der Waals surface area (Å²) in [5.74, 6) is -2.70. The molecule has 1 heterocycles. The molecule has 0 aliphatic heterocycles.